The molecule has 2 aromatic rings. The predicted molar refractivity (Wildman–Crippen MR) is 98.3 cm³/mol. The molecule has 4 atom stereocenters. The van der Waals surface area contributed by atoms with E-state index < -0.39 is 0 Å². The molecule has 0 saturated carbocycles. The molecule has 0 radical (unpaired) electrons. The Kier molecular flexibility index (Phi) is 5.31. The first-order chi connectivity index (χ1) is 11.8. The van der Waals surface area contributed by atoms with Gasteiger partial charge in [-0.2, -0.15) is 0 Å². The van der Waals surface area contributed by atoms with Crippen molar-refractivity contribution in [2.75, 3.05) is 0 Å². The fourth-order valence-electron chi connectivity index (χ4n) is 4.06. The van der Waals surface area contributed by atoms with E-state index in [9.17, 15) is 5.21 Å². The lowest BCUT2D eigenvalue weighted by molar-refractivity contribution is 0.252. The molecule has 24 heavy (non-hydrogen) atoms. The zero-order chi connectivity index (χ0) is 16.9. The van der Waals surface area contributed by atoms with Crippen LogP contribution in [0.3, 0.4) is 0 Å². The molecule has 2 aromatic carbocycles. The van der Waals surface area contributed by atoms with Crippen LogP contribution in [0.2, 0.25) is 0 Å². The number of oxime groups is 1. The fraction of sp³-hybridized carbons (Fsp3) is 0.381. The molecular weight excluding hydrogens is 296 g/mol. The molecule has 0 bridgehead atoms. The zero-order valence-electron chi connectivity index (χ0n) is 14.4. The van der Waals surface area contributed by atoms with E-state index in [0.717, 1.165) is 18.6 Å². The quantitative estimate of drug-likeness (QED) is 0.617. The van der Waals surface area contributed by atoms with Gasteiger partial charge in [0.05, 0.1) is 5.71 Å². The van der Waals surface area contributed by atoms with Crippen molar-refractivity contribution in [3.05, 3.63) is 71.8 Å². The van der Waals surface area contributed by atoms with Gasteiger partial charge in [0, 0.05) is 23.9 Å². The molecule has 0 spiro atoms. The maximum Gasteiger partial charge on any atom is 0.0670 e. The third-order valence-corrected chi connectivity index (χ3v) is 5.24. The van der Waals surface area contributed by atoms with Crippen LogP contribution < -0.4 is 5.32 Å². The van der Waals surface area contributed by atoms with Crippen molar-refractivity contribution < 1.29 is 5.21 Å². The molecule has 1 heterocycles. The van der Waals surface area contributed by atoms with E-state index in [0.29, 0.717) is 0 Å². The van der Waals surface area contributed by atoms with Crippen LogP contribution in [-0.4, -0.2) is 10.9 Å². The first-order valence-electron chi connectivity index (χ1n) is 8.87. The molecule has 3 heteroatoms. The summed E-state index contributed by atoms with van der Waals surface area (Å²) in [5.41, 5.74) is 3.43. The molecule has 126 valence electrons. The predicted octanol–water partition coefficient (Wildman–Crippen LogP) is 4.95. The smallest absolute Gasteiger partial charge is 0.0670 e. The zero-order valence-corrected chi connectivity index (χ0v) is 14.4. The van der Waals surface area contributed by atoms with Crippen LogP contribution >= 0.6 is 0 Å². The molecule has 0 amide bonds. The lowest BCUT2D eigenvalue weighted by Gasteiger charge is -2.43. The monoisotopic (exact) mass is 322 g/mol. The number of nitrogens with zero attached hydrogens (tertiary/aromatic N) is 1. The topological polar surface area (TPSA) is 44.6 Å². The lowest BCUT2D eigenvalue weighted by atomic mass is 9.72. The summed E-state index contributed by atoms with van der Waals surface area (Å²) in [7, 11) is 0. The van der Waals surface area contributed by atoms with Crippen LogP contribution in [0.1, 0.15) is 49.9 Å². The fourth-order valence-corrected chi connectivity index (χ4v) is 4.06. The maximum atomic E-state index is 9.78. The highest BCUT2D eigenvalue weighted by Crippen LogP contribution is 2.41. The van der Waals surface area contributed by atoms with Crippen molar-refractivity contribution in [3.8, 4) is 0 Å². The van der Waals surface area contributed by atoms with E-state index in [1.165, 1.54) is 11.1 Å². The molecule has 0 aliphatic carbocycles. The highest BCUT2D eigenvalue weighted by atomic mass is 16.4. The molecule has 1 aliphatic heterocycles. The summed E-state index contributed by atoms with van der Waals surface area (Å²) >= 11 is 0. The molecule has 1 saturated heterocycles. The maximum absolute atomic E-state index is 9.78. The van der Waals surface area contributed by atoms with Gasteiger partial charge in [0.2, 0.25) is 0 Å². The normalized spacial score (nSPS) is 27.0. The van der Waals surface area contributed by atoms with Crippen molar-refractivity contribution in [2.45, 2.75) is 38.8 Å². The summed E-state index contributed by atoms with van der Waals surface area (Å²) in [6.45, 7) is 4.34. The van der Waals surface area contributed by atoms with E-state index in [2.05, 4.69) is 72.9 Å². The SMILES string of the molecule is CC[C@H]1C(=NO)[C@H](CC)[C@@H](c2ccccc2)N[C@@H]1c1ccccc1. The van der Waals surface area contributed by atoms with Crippen molar-refractivity contribution in [2.24, 2.45) is 17.0 Å². The standard InChI is InChI=1S/C21H26N2O/c1-3-17-19(15-11-7-5-8-12-15)22-20(16-13-9-6-10-14-16)18(4-2)21(17)23-24/h5-14,17-20,22,24H,3-4H2,1-2H3/t17-,18-,19-,20-/m1/s1. The number of benzene rings is 2. The highest BCUT2D eigenvalue weighted by Gasteiger charge is 2.41. The van der Waals surface area contributed by atoms with E-state index in [4.69, 9.17) is 0 Å². The third-order valence-electron chi connectivity index (χ3n) is 5.24. The second kappa shape index (κ2) is 7.63. The summed E-state index contributed by atoms with van der Waals surface area (Å²) < 4.78 is 0. The molecule has 1 fully saturated rings. The Morgan fingerprint density at radius 3 is 1.54 bits per heavy atom. The van der Waals surface area contributed by atoms with E-state index in [1.54, 1.807) is 0 Å². The van der Waals surface area contributed by atoms with E-state index in [1.807, 2.05) is 12.1 Å². The third kappa shape index (κ3) is 3.09. The number of hydrogen-bond donors (Lipinski definition) is 2. The molecule has 1 aliphatic rings. The largest absolute Gasteiger partial charge is 0.411 e. The second-order valence-electron chi connectivity index (χ2n) is 6.50. The number of hydrogen-bond acceptors (Lipinski definition) is 3. The molecule has 3 rings (SSSR count). The Morgan fingerprint density at radius 2 is 1.21 bits per heavy atom. The second-order valence-corrected chi connectivity index (χ2v) is 6.50. The Bertz CT molecular complexity index is 613. The van der Waals surface area contributed by atoms with Crippen molar-refractivity contribution in [1.29, 1.82) is 0 Å². The van der Waals surface area contributed by atoms with Crippen LogP contribution in [0.5, 0.6) is 0 Å². The van der Waals surface area contributed by atoms with Crippen LogP contribution in [0, 0.1) is 11.8 Å². The summed E-state index contributed by atoms with van der Waals surface area (Å²) in [5, 5.41) is 17.4. The molecule has 0 unspecified atom stereocenters. The first kappa shape index (κ1) is 16.7. The van der Waals surface area contributed by atoms with Gasteiger partial charge in [0.1, 0.15) is 0 Å². The summed E-state index contributed by atoms with van der Waals surface area (Å²) in [5.74, 6) is 0.421. The van der Waals surface area contributed by atoms with Gasteiger partial charge in [-0.3, -0.25) is 0 Å². The number of piperidine rings is 1. The minimum absolute atomic E-state index is 0.162. The minimum atomic E-state index is 0.162. The number of rotatable bonds is 4. The average Bonchev–Trinajstić information content (AvgIpc) is 2.67. The van der Waals surface area contributed by atoms with Gasteiger partial charge >= 0.3 is 0 Å². The molecular formula is C21H26N2O. The highest BCUT2D eigenvalue weighted by molar-refractivity contribution is 5.91. The average molecular weight is 322 g/mol. The van der Waals surface area contributed by atoms with E-state index in [-0.39, 0.29) is 23.9 Å². The van der Waals surface area contributed by atoms with Gasteiger partial charge in [-0.05, 0) is 24.0 Å². The molecule has 2 N–H and O–H groups in total. The summed E-state index contributed by atoms with van der Waals surface area (Å²) in [6.07, 6.45) is 1.90. The lowest BCUT2D eigenvalue weighted by Crippen LogP contribution is -2.48. The van der Waals surface area contributed by atoms with Crippen LogP contribution in [0.25, 0.3) is 0 Å². The van der Waals surface area contributed by atoms with Crippen LogP contribution in [0.4, 0.5) is 0 Å². The van der Waals surface area contributed by atoms with Gasteiger partial charge in [-0.1, -0.05) is 79.7 Å². The van der Waals surface area contributed by atoms with E-state index >= 15 is 0 Å². The number of nitrogens with one attached hydrogen (secondary N) is 1. The van der Waals surface area contributed by atoms with Gasteiger partial charge < -0.3 is 10.5 Å². The molecule has 3 nitrogen and oxygen atoms in total. The van der Waals surface area contributed by atoms with Crippen LogP contribution in [0.15, 0.2) is 65.8 Å². The van der Waals surface area contributed by atoms with Crippen molar-refractivity contribution >= 4 is 5.71 Å². The van der Waals surface area contributed by atoms with Gasteiger partial charge in [0.25, 0.3) is 0 Å². The summed E-state index contributed by atoms with van der Waals surface area (Å²) in [4.78, 5) is 0. The Balaban J connectivity index is 2.04. The van der Waals surface area contributed by atoms with Crippen molar-refractivity contribution in [3.63, 3.8) is 0 Å². The minimum Gasteiger partial charge on any atom is -0.411 e. The van der Waals surface area contributed by atoms with Crippen LogP contribution in [-0.2, 0) is 0 Å². The Labute approximate surface area is 144 Å². The van der Waals surface area contributed by atoms with Gasteiger partial charge in [-0.25, -0.2) is 0 Å². The Morgan fingerprint density at radius 1 is 0.792 bits per heavy atom. The van der Waals surface area contributed by atoms with Gasteiger partial charge in [-0.15, -0.1) is 0 Å². The summed E-state index contributed by atoms with van der Waals surface area (Å²) in [6, 6.07) is 21.3. The van der Waals surface area contributed by atoms with Gasteiger partial charge in [0.15, 0.2) is 0 Å². The van der Waals surface area contributed by atoms with Crippen molar-refractivity contribution in [1.82, 2.24) is 5.32 Å². The first-order valence-corrected chi connectivity index (χ1v) is 8.87. The Hall–Kier alpha value is -2.13. The molecule has 0 aromatic heterocycles.